The van der Waals surface area contributed by atoms with Gasteiger partial charge >= 0.3 is 0 Å². The SMILES string of the molecule is O=C1c2ccc(-c3ccc(-c4ccc(N(c5ccccc5)c5ccccc5)cc4)s3)cc2C(=O)N1CCc1ccncc1. The molecule has 0 atom stereocenters. The molecule has 0 saturated carbocycles. The van der Waals surface area contributed by atoms with E-state index in [9.17, 15) is 9.59 Å². The van der Waals surface area contributed by atoms with E-state index in [1.54, 1.807) is 29.8 Å². The number of para-hydroxylation sites is 2. The molecule has 0 saturated heterocycles. The number of rotatable bonds is 8. The fourth-order valence-electron chi connectivity index (χ4n) is 5.46. The zero-order chi connectivity index (χ0) is 29.2. The maximum Gasteiger partial charge on any atom is 0.261 e. The average Bonchev–Trinajstić information content (AvgIpc) is 3.65. The first-order valence-corrected chi connectivity index (χ1v) is 15.0. The van der Waals surface area contributed by atoms with E-state index in [-0.39, 0.29) is 11.8 Å². The minimum absolute atomic E-state index is 0.229. The Bertz CT molecular complexity index is 1860. The lowest BCUT2D eigenvalue weighted by Gasteiger charge is -2.25. The number of aromatic nitrogens is 1. The predicted octanol–water partition coefficient (Wildman–Crippen LogP) is 8.79. The molecule has 4 aromatic carbocycles. The van der Waals surface area contributed by atoms with E-state index >= 15 is 0 Å². The van der Waals surface area contributed by atoms with Crippen molar-refractivity contribution in [3.63, 3.8) is 0 Å². The van der Waals surface area contributed by atoms with Gasteiger partial charge in [-0.3, -0.25) is 19.5 Å². The van der Waals surface area contributed by atoms with Gasteiger partial charge in [0.2, 0.25) is 0 Å². The summed E-state index contributed by atoms with van der Waals surface area (Å²) in [5.74, 6) is -0.461. The molecule has 2 amide bonds. The number of hydrogen-bond acceptors (Lipinski definition) is 5. The second-order valence-electron chi connectivity index (χ2n) is 10.3. The average molecular weight is 578 g/mol. The van der Waals surface area contributed by atoms with Crippen LogP contribution in [0.2, 0.25) is 0 Å². The molecule has 6 heteroatoms. The van der Waals surface area contributed by atoms with Crippen LogP contribution in [0.1, 0.15) is 26.3 Å². The van der Waals surface area contributed by atoms with Crippen molar-refractivity contribution in [2.75, 3.05) is 11.4 Å². The van der Waals surface area contributed by atoms with E-state index in [2.05, 4.69) is 94.8 Å². The Hall–Kier alpha value is -5.33. The Morgan fingerprint density at radius 3 is 1.79 bits per heavy atom. The first-order chi connectivity index (χ1) is 21.2. The van der Waals surface area contributed by atoms with Crippen LogP contribution >= 0.6 is 11.3 Å². The molecule has 0 unspecified atom stereocenters. The number of anilines is 3. The number of pyridine rings is 1. The number of hydrogen-bond donors (Lipinski definition) is 0. The van der Waals surface area contributed by atoms with Crippen molar-refractivity contribution in [1.82, 2.24) is 9.88 Å². The lowest BCUT2D eigenvalue weighted by atomic mass is 10.0. The molecule has 0 bridgehead atoms. The summed E-state index contributed by atoms with van der Waals surface area (Å²) in [6.07, 6.45) is 4.04. The zero-order valence-electron chi connectivity index (χ0n) is 23.3. The molecule has 1 aliphatic rings. The van der Waals surface area contributed by atoms with Gasteiger partial charge in [-0.1, -0.05) is 54.6 Å². The molecule has 0 aliphatic carbocycles. The highest BCUT2D eigenvalue weighted by Gasteiger charge is 2.35. The van der Waals surface area contributed by atoms with E-state index in [1.807, 2.05) is 36.4 Å². The highest BCUT2D eigenvalue weighted by Crippen LogP contribution is 2.39. The van der Waals surface area contributed by atoms with Gasteiger partial charge in [0.05, 0.1) is 11.1 Å². The first kappa shape index (κ1) is 26.6. The van der Waals surface area contributed by atoms with E-state index in [4.69, 9.17) is 0 Å². The second kappa shape index (κ2) is 11.5. The van der Waals surface area contributed by atoms with Crippen molar-refractivity contribution in [1.29, 1.82) is 0 Å². The molecular weight excluding hydrogens is 550 g/mol. The summed E-state index contributed by atoms with van der Waals surface area (Å²) < 4.78 is 0. The van der Waals surface area contributed by atoms with E-state index in [0.29, 0.717) is 24.1 Å². The van der Waals surface area contributed by atoms with E-state index in [0.717, 1.165) is 43.5 Å². The van der Waals surface area contributed by atoms with Crippen LogP contribution in [-0.2, 0) is 6.42 Å². The monoisotopic (exact) mass is 577 g/mol. The summed E-state index contributed by atoms with van der Waals surface area (Å²) in [7, 11) is 0. The summed E-state index contributed by atoms with van der Waals surface area (Å²) in [6.45, 7) is 0.344. The van der Waals surface area contributed by atoms with E-state index < -0.39 is 0 Å². The van der Waals surface area contributed by atoms with Crippen molar-refractivity contribution in [2.45, 2.75) is 6.42 Å². The molecular formula is C37H27N3O2S. The lowest BCUT2D eigenvalue weighted by Crippen LogP contribution is -2.31. The van der Waals surface area contributed by atoms with Gasteiger partial charge in [-0.25, -0.2) is 0 Å². The van der Waals surface area contributed by atoms with Crippen LogP contribution in [0.15, 0.2) is 140 Å². The highest BCUT2D eigenvalue weighted by molar-refractivity contribution is 7.18. The van der Waals surface area contributed by atoms with Crippen molar-refractivity contribution >= 4 is 40.2 Å². The molecule has 5 nitrogen and oxygen atoms in total. The third kappa shape index (κ3) is 5.25. The number of nitrogens with zero attached hydrogens (tertiary/aromatic N) is 3. The molecule has 6 aromatic rings. The standard InChI is InChI=1S/C37H27N3O2S/c41-36-32-16-13-28(25-33(32)37(42)39(36)24-21-26-19-22-38-23-20-26)35-18-17-34(43-35)27-11-14-31(15-12-27)40(29-7-3-1-4-8-29)30-9-5-2-6-10-30/h1-20,22-23,25H,21,24H2. The first-order valence-electron chi connectivity index (χ1n) is 14.2. The molecule has 3 heterocycles. The summed E-state index contributed by atoms with van der Waals surface area (Å²) in [4.78, 5) is 36.0. The summed E-state index contributed by atoms with van der Waals surface area (Å²) in [5.41, 5.74) is 7.31. The molecule has 1 aliphatic heterocycles. The number of amides is 2. The van der Waals surface area contributed by atoms with Crippen LogP contribution in [0, 0.1) is 0 Å². The fourth-order valence-corrected chi connectivity index (χ4v) is 6.47. The van der Waals surface area contributed by atoms with Gasteiger partial charge in [-0.2, -0.15) is 0 Å². The van der Waals surface area contributed by atoms with E-state index in [1.165, 1.54) is 4.90 Å². The number of thiophene rings is 1. The van der Waals surface area contributed by atoms with Crippen LogP contribution in [-0.4, -0.2) is 28.2 Å². The number of carbonyl (C=O) groups is 2. The summed E-state index contributed by atoms with van der Waals surface area (Å²) in [6, 6.07) is 42.9. The number of benzene rings is 4. The minimum atomic E-state index is -0.232. The molecule has 0 radical (unpaired) electrons. The topological polar surface area (TPSA) is 53.5 Å². The van der Waals surface area contributed by atoms with Crippen LogP contribution in [0.3, 0.4) is 0 Å². The van der Waals surface area contributed by atoms with Gasteiger partial charge < -0.3 is 4.90 Å². The number of imide groups is 1. The molecule has 2 aromatic heterocycles. The maximum atomic E-state index is 13.2. The number of carbonyl (C=O) groups excluding carboxylic acids is 2. The van der Waals surface area contributed by atoms with Crippen molar-refractivity contribution in [3.05, 3.63) is 156 Å². The quantitative estimate of drug-likeness (QED) is 0.170. The molecule has 0 fully saturated rings. The van der Waals surface area contributed by atoms with Crippen molar-refractivity contribution < 1.29 is 9.59 Å². The van der Waals surface area contributed by atoms with Crippen molar-refractivity contribution in [2.24, 2.45) is 0 Å². The molecule has 0 spiro atoms. The van der Waals surface area contributed by atoms with Crippen LogP contribution in [0.5, 0.6) is 0 Å². The molecule has 43 heavy (non-hydrogen) atoms. The summed E-state index contributed by atoms with van der Waals surface area (Å²) in [5, 5.41) is 0. The molecule has 7 rings (SSSR count). The predicted molar refractivity (Wildman–Crippen MR) is 173 cm³/mol. The Kier molecular flexibility index (Phi) is 7.11. The lowest BCUT2D eigenvalue weighted by molar-refractivity contribution is 0.0656. The fraction of sp³-hybridized carbons (Fsp3) is 0.0541. The second-order valence-corrected chi connectivity index (χ2v) is 11.4. The largest absolute Gasteiger partial charge is 0.311 e. The third-order valence-electron chi connectivity index (χ3n) is 7.67. The van der Waals surface area contributed by atoms with Gasteiger partial charge in [-0.05, 0) is 95.9 Å². The Balaban J connectivity index is 1.11. The third-order valence-corrected chi connectivity index (χ3v) is 8.86. The highest BCUT2D eigenvalue weighted by atomic mass is 32.1. The number of fused-ring (bicyclic) bond motifs is 1. The van der Waals surface area contributed by atoms with Gasteiger partial charge in [0, 0.05) is 45.8 Å². The Morgan fingerprint density at radius 1 is 0.581 bits per heavy atom. The van der Waals surface area contributed by atoms with Crippen molar-refractivity contribution in [3.8, 4) is 20.9 Å². The Labute approximate surface area is 254 Å². The Morgan fingerprint density at radius 2 is 1.14 bits per heavy atom. The minimum Gasteiger partial charge on any atom is -0.311 e. The maximum absolute atomic E-state index is 13.2. The van der Waals surface area contributed by atoms with Gasteiger partial charge in [-0.15, -0.1) is 11.3 Å². The van der Waals surface area contributed by atoms with Gasteiger partial charge in [0.25, 0.3) is 11.8 Å². The van der Waals surface area contributed by atoms with Gasteiger partial charge in [0.15, 0.2) is 0 Å². The smallest absolute Gasteiger partial charge is 0.261 e. The summed E-state index contributed by atoms with van der Waals surface area (Å²) >= 11 is 1.67. The van der Waals surface area contributed by atoms with Gasteiger partial charge in [0.1, 0.15) is 0 Å². The molecule has 208 valence electrons. The zero-order valence-corrected chi connectivity index (χ0v) is 24.1. The van der Waals surface area contributed by atoms with Crippen LogP contribution in [0.25, 0.3) is 20.9 Å². The van der Waals surface area contributed by atoms with Crippen LogP contribution < -0.4 is 4.90 Å². The molecule has 0 N–H and O–H groups in total. The normalized spacial score (nSPS) is 12.4. The van der Waals surface area contributed by atoms with Crippen LogP contribution in [0.4, 0.5) is 17.1 Å².